The number of rotatable bonds is 2. The van der Waals surface area contributed by atoms with Gasteiger partial charge in [-0.3, -0.25) is 4.90 Å². The van der Waals surface area contributed by atoms with Crippen LogP contribution >= 0.6 is 11.3 Å². The van der Waals surface area contributed by atoms with E-state index in [0.29, 0.717) is 12.6 Å². The molecule has 1 aromatic rings. The standard InChI is InChI=1S/C12H15F3N2S/c13-12(14,15)11-2-1-10(18-11)8-17-6-5-16-4-3-9(17)7-16/h1-2,9H,3-8H2. The molecular weight excluding hydrogens is 261 g/mol. The van der Waals surface area contributed by atoms with Crippen molar-refractivity contribution in [1.29, 1.82) is 0 Å². The third-order valence-corrected chi connectivity index (χ3v) is 4.88. The lowest BCUT2D eigenvalue weighted by Gasteiger charge is -2.33. The highest BCUT2D eigenvalue weighted by Crippen LogP contribution is 2.35. The van der Waals surface area contributed by atoms with Crippen LogP contribution in [0.2, 0.25) is 0 Å². The maximum absolute atomic E-state index is 12.5. The summed E-state index contributed by atoms with van der Waals surface area (Å²) in [5.41, 5.74) is 0. The number of hydrogen-bond acceptors (Lipinski definition) is 3. The summed E-state index contributed by atoms with van der Waals surface area (Å²) >= 11 is 0.879. The van der Waals surface area contributed by atoms with Crippen LogP contribution in [0.15, 0.2) is 12.1 Å². The SMILES string of the molecule is FC(F)(F)c1ccc(CN2CCN3CCC2C3)s1. The molecule has 2 atom stereocenters. The summed E-state index contributed by atoms with van der Waals surface area (Å²) in [5, 5.41) is 0. The smallest absolute Gasteiger partial charge is 0.300 e. The lowest BCUT2D eigenvalue weighted by Crippen LogP contribution is -2.45. The molecule has 2 fully saturated rings. The molecule has 2 nitrogen and oxygen atoms in total. The monoisotopic (exact) mass is 276 g/mol. The Bertz CT molecular complexity index is 429. The average Bonchev–Trinajstić information content (AvgIpc) is 2.88. The maximum atomic E-state index is 12.5. The summed E-state index contributed by atoms with van der Waals surface area (Å²) in [5.74, 6) is 0. The van der Waals surface area contributed by atoms with E-state index in [-0.39, 0.29) is 0 Å². The predicted octanol–water partition coefficient (Wildman–Crippen LogP) is 2.66. The van der Waals surface area contributed by atoms with Gasteiger partial charge in [-0.1, -0.05) is 0 Å². The van der Waals surface area contributed by atoms with Gasteiger partial charge >= 0.3 is 6.18 Å². The summed E-state index contributed by atoms with van der Waals surface area (Å²) in [6.45, 7) is 4.91. The van der Waals surface area contributed by atoms with Gasteiger partial charge in [-0.25, -0.2) is 0 Å². The molecule has 2 aliphatic heterocycles. The first-order chi connectivity index (χ1) is 8.52. The van der Waals surface area contributed by atoms with Crippen molar-refractivity contribution in [3.05, 3.63) is 21.9 Å². The minimum Gasteiger partial charge on any atom is -0.300 e. The topological polar surface area (TPSA) is 6.48 Å². The lowest BCUT2D eigenvalue weighted by molar-refractivity contribution is -0.134. The summed E-state index contributed by atoms with van der Waals surface area (Å²) in [6.07, 6.45) is -3.05. The molecule has 2 unspecified atom stereocenters. The molecule has 1 aromatic heterocycles. The molecule has 100 valence electrons. The molecule has 2 aliphatic rings. The van der Waals surface area contributed by atoms with Crippen LogP contribution in [0.4, 0.5) is 13.2 Å². The third-order valence-electron chi connectivity index (χ3n) is 3.77. The molecule has 0 amide bonds. The van der Waals surface area contributed by atoms with Gasteiger partial charge in [-0.2, -0.15) is 13.2 Å². The molecule has 6 heteroatoms. The Balaban J connectivity index is 1.67. The molecule has 0 radical (unpaired) electrons. The van der Waals surface area contributed by atoms with Gasteiger partial charge < -0.3 is 4.90 Å². The molecule has 0 spiro atoms. The fourth-order valence-electron chi connectivity index (χ4n) is 2.79. The van der Waals surface area contributed by atoms with Crippen molar-refractivity contribution in [2.45, 2.75) is 25.2 Å². The van der Waals surface area contributed by atoms with Crippen LogP contribution in [-0.4, -0.2) is 42.0 Å². The first-order valence-corrected chi connectivity index (χ1v) is 6.96. The summed E-state index contributed by atoms with van der Waals surface area (Å²) < 4.78 is 37.6. The number of alkyl halides is 3. The van der Waals surface area contributed by atoms with Gasteiger partial charge in [0.25, 0.3) is 0 Å². The molecule has 0 N–H and O–H groups in total. The molecule has 2 saturated heterocycles. The van der Waals surface area contributed by atoms with Crippen molar-refractivity contribution in [2.24, 2.45) is 0 Å². The van der Waals surface area contributed by atoms with Crippen molar-refractivity contribution in [3.8, 4) is 0 Å². The van der Waals surface area contributed by atoms with E-state index < -0.39 is 11.1 Å². The van der Waals surface area contributed by atoms with E-state index in [1.54, 1.807) is 6.07 Å². The van der Waals surface area contributed by atoms with Crippen molar-refractivity contribution in [3.63, 3.8) is 0 Å². The number of hydrogen-bond donors (Lipinski definition) is 0. The van der Waals surface area contributed by atoms with Crippen molar-refractivity contribution in [2.75, 3.05) is 26.2 Å². The van der Waals surface area contributed by atoms with Gasteiger partial charge in [0.1, 0.15) is 4.88 Å². The van der Waals surface area contributed by atoms with Crippen LogP contribution in [0.3, 0.4) is 0 Å². The van der Waals surface area contributed by atoms with Gasteiger partial charge in [0.05, 0.1) is 0 Å². The van der Waals surface area contributed by atoms with E-state index in [1.165, 1.54) is 6.07 Å². The van der Waals surface area contributed by atoms with E-state index in [4.69, 9.17) is 0 Å². The first-order valence-electron chi connectivity index (χ1n) is 6.15. The van der Waals surface area contributed by atoms with E-state index in [1.807, 2.05) is 0 Å². The first kappa shape index (κ1) is 12.4. The third kappa shape index (κ3) is 2.41. The highest BCUT2D eigenvalue weighted by molar-refractivity contribution is 7.12. The maximum Gasteiger partial charge on any atom is 0.425 e. The number of piperazine rings is 1. The van der Waals surface area contributed by atoms with Crippen molar-refractivity contribution < 1.29 is 13.2 Å². The van der Waals surface area contributed by atoms with Crippen LogP contribution in [-0.2, 0) is 12.7 Å². The normalized spacial score (nSPS) is 28.8. The quantitative estimate of drug-likeness (QED) is 0.819. The summed E-state index contributed by atoms with van der Waals surface area (Å²) in [4.78, 5) is 5.09. The van der Waals surface area contributed by atoms with Gasteiger partial charge in [-0.05, 0) is 25.1 Å². The molecule has 2 bridgehead atoms. The highest BCUT2D eigenvalue weighted by Gasteiger charge is 2.34. The second-order valence-corrected chi connectivity index (χ2v) is 6.15. The van der Waals surface area contributed by atoms with Gasteiger partial charge in [0, 0.05) is 37.1 Å². The van der Waals surface area contributed by atoms with Gasteiger partial charge in [0.15, 0.2) is 0 Å². The van der Waals surface area contributed by atoms with Crippen LogP contribution in [0.25, 0.3) is 0 Å². The highest BCUT2D eigenvalue weighted by atomic mass is 32.1. The van der Waals surface area contributed by atoms with Crippen LogP contribution in [0.5, 0.6) is 0 Å². The number of nitrogens with zero attached hydrogens (tertiary/aromatic N) is 2. The van der Waals surface area contributed by atoms with Gasteiger partial charge in [0.2, 0.25) is 0 Å². The average molecular weight is 276 g/mol. The number of halogens is 3. The molecule has 0 saturated carbocycles. The second-order valence-electron chi connectivity index (χ2n) is 4.98. The zero-order chi connectivity index (χ0) is 12.8. The van der Waals surface area contributed by atoms with E-state index in [2.05, 4.69) is 9.80 Å². The number of fused-ring (bicyclic) bond motifs is 2. The largest absolute Gasteiger partial charge is 0.425 e. The lowest BCUT2D eigenvalue weighted by atomic mass is 10.2. The van der Waals surface area contributed by atoms with E-state index in [0.717, 1.165) is 48.8 Å². The molecule has 0 aliphatic carbocycles. The second kappa shape index (κ2) is 4.51. The molecular formula is C12H15F3N2S. The predicted molar refractivity (Wildman–Crippen MR) is 64.6 cm³/mol. The fraction of sp³-hybridized carbons (Fsp3) is 0.667. The molecule has 3 rings (SSSR count). The van der Waals surface area contributed by atoms with Crippen LogP contribution < -0.4 is 0 Å². The zero-order valence-corrected chi connectivity index (χ0v) is 10.7. The van der Waals surface area contributed by atoms with Crippen molar-refractivity contribution in [1.82, 2.24) is 9.80 Å². The fourth-order valence-corrected chi connectivity index (χ4v) is 3.69. The Kier molecular flexibility index (Phi) is 3.11. The minimum atomic E-state index is -4.20. The van der Waals surface area contributed by atoms with E-state index in [9.17, 15) is 13.2 Å². The Morgan fingerprint density at radius 3 is 2.78 bits per heavy atom. The summed E-state index contributed by atoms with van der Waals surface area (Å²) in [6, 6.07) is 3.36. The minimum absolute atomic E-state index is 0.484. The summed E-state index contributed by atoms with van der Waals surface area (Å²) in [7, 11) is 0. The Morgan fingerprint density at radius 2 is 2.06 bits per heavy atom. The van der Waals surface area contributed by atoms with Crippen LogP contribution in [0.1, 0.15) is 16.2 Å². The molecule has 3 heterocycles. The Morgan fingerprint density at radius 1 is 1.22 bits per heavy atom. The van der Waals surface area contributed by atoms with Gasteiger partial charge in [-0.15, -0.1) is 11.3 Å². The zero-order valence-electron chi connectivity index (χ0n) is 9.91. The Hall–Kier alpha value is -0.590. The number of thiophene rings is 1. The molecule has 0 aromatic carbocycles. The van der Waals surface area contributed by atoms with Crippen LogP contribution in [0, 0.1) is 0 Å². The molecule has 18 heavy (non-hydrogen) atoms. The Labute approximate surface area is 108 Å². The van der Waals surface area contributed by atoms with E-state index >= 15 is 0 Å². The van der Waals surface area contributed by atoms with Crippen molar-refractivity contribution >= 4 is 11.3 Å².